The molecule has 0 fully saturated rings. The number of nitrogens with zero attached hydrogens (tertiary/aromatic N) is 2. The van der Waals surface area contributed by atoms with Crippen LogP contribution in [0.5, 0.6) is 5.75 Å². The molecule has 36 heavy (non-hydrogen) atoms. The summed E-state index contributed by atoms with van der Waals surface area (Å²) in [6, 6.07) is 18.1. The van der Waals surface area contributed by atoms with Crippen molar-refractivity contribution < 1.29 is 14.3 Å². The molecule has 0 radical (unpaired) electrons. The number of amides is 2. The van der Waals surface area contributed by atoms with E-state index in [2.05, 4.69) is 10.3 Å². The molecule has 9 heteroatoms. The third-order valence-electron chi connectivity index (χ3n) is 5.25. The fourth-order valence-corrected chi connectivity index (χ4v) is 4.77. The fraction of sp³-hybridized carbons (Fsp3) is 0.148. The number of aliphatic imine (C=N–C) groups is 1. The van der Waals surface area contributed by atoms with Gasteiger partial charge in [-0.1, -0.05) is 53.2 Å². The maximum absolute atomic E-state index is 13.4. The topological polar surface area (TPSA) is 71.0 Å². The summed E-state index contributed by atoms with van der Waals surface area (Å²) in [6.45, 7) is 3.94. The molecule has 6 nitrogen and oxygen atoms in total. The Bertz CT molecular complexity index is 1370. The van der Waals surface area contributed by atoms with Gasteiger partial charge in [-0.05, 0) is 79.1 Å². The van der Waals surface area contributed by atoms with E-state index in [4.69, 9.17) is 27.9 Å². The number of ether oxygens (including phenoxy) is 1. The maximum Gasteiger partial charge on any atom is 0.283 e. The Kier molecular flexibility index (Phi) is 8.04. The Hall–Kier alpha value is -3.26. The van der Waals surface area contributed by atoms with E-state index in [9.17, 15) is 9.59 Å². The van der Waals surface area contributed by atoms with E-state index in [1.165, 1.54) is 11.8 Å². The number of rotatable bonds is 6. The number of benzene rings is 3. The zero-order chi connectivity index (χ0) is 25.8. The number of hydrogen-bond donors (Lipinski definition) is 1. The van der Waals surface area contributed by atoms with Crippen LogP contribution in [-0.4, -0.2) is 29.8 Å². The van der Waals surface area contributed by atoms with Gasteiger partial charge in [0.1, 0.15) is 11.4 Å². The summed E-state index contributed by atoms with van der Waals surface area (Å²) in [4.78, 5) is 32.2. The highest BCUT2D eigenvalue weighted by atomic mass is 35.5. The van der Waals surface area contributed by atoms with E-state index in [0.717, 1.165) is 22.4 Å². The van der Waals surface area contributed by atoms with Gasteiger partial charge in [0.2, 0.25) is 5.91 Å². The standard InChI is InChI=1S/C27H23Cl2N3O3S/c1-16-10-17(2)12-20(11-16)32-26(34)24(13-18-4-7-21(35-3)8-5-18)31-27(32)36-15-25(33)30-19-6-9-22(28)23(29)14-19/h4-14H,15H2,1-3H3,(H,30,33)/b24-13-. The molecular weight excluding hydrogens is 517 g/mol. The lowest BCUT2D eigenvalue weighted by molar-refractivity contribution is -0.114. The van der Waals surface area contributed by atoms with Gasteiger partial charge < -0.3 is 10.1 Å². The highest BCUT2D eigenvalue weighted by Crippen LogP contribution is 2.31. The van der Waals surface area contributed by atoms with Gasteiger partial charge in [-0.3, -0.25) is 14.5 Å². The molecule has 1 aliphatic heterocycles. The summed E-state index contributed by atoms with van der Waals surface area (Å²) >= 11 is 13.2. The average Bonchev–Trinajstić information content (AvgIpc) is 3.15. The van der Waals surface area contributed by atoms with Crippen molar-refractivity contribution in [2.24, 2.45) is 4.99 Å². The number of amidine groups is 1. The van der Waals surface area contributed by atoms with Crippen molar-refractivity contribution in [3.8, 4) is 5.75 Å². The van der Waals surface area contributed by atoms with Gasteiger partial charge in [0.05, 0.1) is 28.6 Å². The van der Waals surface area contributed by atoms with Crippen LogP contribution < -0.4 is 15.0 Å². The average molecular weight is 540 g/mol. The predicted molar refractivity (Wildman–Crippen MR) is 149 cm³/mol. The Morgan fingerprint density at radius 2 is 1.72 bits per heavy atom. The molecule has 0 spiro atoms. The zero-order valence-electron chi connectivity index (χ0n) is 19.8. The quantitative estimate of drug-likeness (QED) is 0.352. The molecule has 0 bridgehead atoms. The summed E-state index contributed by atoms with van der Waals surface area (Å²) < 4.78 is 5.21. The summed E-state index contributed by atoms with van der Waals surface area (Å²) in [5, 5.41) is 3.97. The first-order valence-electron chi connectivity index (χ1n) is 11.0. The number of aryl methyl sites for hydroxylation is 2. The SMILES string of the molecule is COc1ccc(/C=C2\N=C(SCC(=O)Nc3ccc(Cl)c(Cl)c3)N(c3cc(C)cc(C)c3)C2=O)cc1. The third-order valence-corrected chi connectivity index (χ3v) is 6.93. The number of thioether (sulfide) groups is 1. The van der Waals surface area contributed by atoms with Crippen LogP contribution in [0, 0.1) is 13.8 Å². The minimum Gasteiger partial charge on any atom is -0.497 e. The first-order valence-corrected chi connectivity index (χ1v) is 12.7. The lowest BCUT2D eigenvalue weighted by Gasteiger charge is -2.19. The normalized spacial score (nSPS) is 14.2. The molecule has 0 aromatic heterocycles. The first kappa shape index (κ1) is 25.8. The van der Waals surface area contributed by atoms with Crippen molar-refractivity contribution in [1.29, 1.82) is 0 Å². The van der Waals surface area contributed by atoms with Crippen molar-refractivity contribution in [2.45, 2.75) is 13.8 Å². The predicted octanol–water partition coefficient (Wildman–Crippen LogP) is 6.73. The summed E-state index contributed by atoms with van der Waals surface area (Å²) in [7, 11) is 1.60. The number of anilines is 2. The number of halogens is 2. The smallest absolute Gasteiger partial charge is 0.283 e. The monoisotopic (exact) mass is 539 g/mol. The summed E-state index contributed by atoms with van der Waals surface area (Å²) in [5.74, 6) is 0.243. The van der Waals surface area contributed by atoms with E-state index in [1.807, 2.05) is 56.3 Å². The first-order chi connectivity index (χ1) is 17.2. The molecule has 0 aliphatic carbocycles. The highest BCUT2D eigenvalue weighted by molar-refractivity contribution is 8.14. The Morgan fingerprint density at radius 3 is 2.36 bits per heavy atom. The molecular formula is C27H23Cl2N3O3S. The summed E-state index contributed by atoms with van der Waals surface area (Å²) in [6.07, 6.45) is 1.72. The van der Waals surface area contributed by atoms with Gasteiger partial charge in [0.15, 0.2) is 5.17 Å². The number of carbonyl (C=O) groups excluding carboxylic acids is 2. The Balaban J connectivity index is 1.59. The van der Waals surface area contributed by atoms with Crippen LogP contribution in [0.2, 0.25) is 10.0 Å². The number of nitrogens with one attached hydrogen (secondary N) is 1. The molecule has 3 aromatic carbocycles. The molecule has 184 valence electrons. The van der Waals surface area contributed by atoms with Gasteiger partial charge in [-0.15, -0.1) is 0 Å². The van der Waals surface area contributed by atoms with Crippen molar-refractivity contribution in [2.75, 3.05) is 23.1 Å². The minimum absolute atomic E-state index is 0.0451. The van der Waals surface area contributed by atoms with Gasteiger partial charge >= 0.3 is 0 Å². The lowest BCUT2D eigenvalue weighted by Crippen LogP contribution is -2.31. The van der Waals surface area contributed by atoms with Gasteiger partial charge in [-0.2, -0.15) is 0 Å². The van der Waals surface area contributed by atoms with Crippen molar-refractivity contribution in [3.05, 3.63) is 93.1 Å². The van der Waals surface area contributed by atoms with Crippen LogP contribution in [0.1, 0.15) is 16.7 Å². The molecule has 4 rings (SSSR count). The van der Waals surface area contributed by atoms with Crippen LogP contribution in [0.4, 0.5) is 11.4 Å². The van der Waals surface area contributed by atoms with E-state index >= 15 is 0 Å². The largest absolute Gasteiger partial charge is 0.497 e. The molecule has 0 unspecified atom stereocenters. The van der Waals surface area contributed by atoms with Gasteiger partial charge in [0.25, 0.3) is 5.91 Å². The van der Waals surface area contributed by atoms with Crippen LogP contribution >= 0.6 is 35.0 Å². The van der Waals surface area contributed by atoms with E-state index < -0.39 is 0 Å². The summed E-state index contributed by atoms with van der Waals surface area (Å²) in [5.41, 5.74) is 4.37. The molecule has 1 heterocycles. The molecule has 0 saturated heterocycles. The van der Waals surface area contributed by atoms with Crippen molar-refractivity contribution >= 4 is 69.4 Å². The highest BCUT2D eigenvalue weighted by Gasteiger charge is 2.32. The number of hydrogen-bond acceptors (Lipinski definition) is 5. The van der Waals surface area contributed by atoms with Crippen LogP contribution in [0.3, 0.4) is 0 Å². The lowest BCUT2D eigenvalue weighted by atomic mass is 10.1. The van der Waals surface area contributed by atoms with Crippen molar-refractivity contribution in [1.82, 2.24) is 0 Å². The molecule has 0 atom stereocenters. The number of methoxy groups -OCH3 is 1. The number of carbonyl (C=O) groups is 2. The molecule has 2 amide bonds. The molecule has 1 aliphatic rings. The maximum atomic E-state index is 13.4. The Labute approximate surface area is 224 Å². The van der Waals surface area contributed by atoms with E-state index in [1.54, 1.807) is 36.3 Å². The van der Waals surface area contributed by atoms with Crippen LogP contribution in [0.15, 0.2) is 71.4 Å². The molecule has 1 N–H and O–H groups in total. The van der Waals surface area contributed by atoms with Gasteiger partial charge in [-0.25, -0.2) is 4.99 Å². The van der Waals surface area contributed by atoms with E-state index in [0.29, 0.717) is 26.6 Å². The molecule has 0 saturated carbocycles. The third kappa shape index (κ3) is 6.10. The molecule has 3 aromatic rings. The van der Waals surface area contributed by atoms with Crippen molar-refractivity contribution in [3.63, 3.8) is 0 Å². The van der Waals surface area contributed by atoms with Crippen LogP contribution in [-0.2, 0) is 9.59 Å². The second-order valence-corrected chi connectivity index (χ2v) is 9.91. The second kappa shape index (κ2) is 11.2. The van der Waals surface area contributed by atoms with Gasteiger partial charge in [0, 0.05) is 5.69 Å². The second-order valence-electron chi connectivity index (χ2n) is 8.15. The minimum atomic E-state index is -0.263. The van der Waals surface area contributed by atoms with E-state index in [-0.39, 0.29) is 23.3 Å². The fourth-order valence-electron chi connectivity index (χ4n) is 3.66. The Morgan fingerprint density at radius 1 is 1.03 bits per heavy atom. The van der Waals surface area contributed by atoms with Crippen LogP contribution in [0.25, 0.3) is 6.08 Å². The zero-order valence-corrected chi connectivity index (χ0v) is 22.2.